The van der Waals surface area contributed by atoms with Crippen LogP contribution in [-0.4, -0.2) is 78.0 Å². The first-order valence-corrected chi connectivity index (χ1v) is 15.7. The zero-order chi connectivity index (χ0) is 34.6. The van der Waals surface area contributed by atoms with Gasteiger partial charge in [0, 0.05) is 97.6 Å². The van der Waals surface area contributed by atoms with Crippen molar-refractivity contribution < 1.29 is 17.6 Å². The number of pyridine rings is 2. The Morgan fingerprint density at radius 2 is 1.92 bits per heavy atom. The first-order valence-electron chi connectivity index (χ1n) is 15.7. The summed E-state index contributed by atoms with van der Waals surface area (Å²) >= 11 is 0. The van der Waals surface area contributed by atoms with Crippen molar-refractivity contribution in [3.05, 3.63) is 120 Å². The van der Waals surface area contributed by atoms with Crippen LogP contribution in [0.5, 0.6) is 0 Å². The number of anilines is 2. The number of likely N-dealkylation sites (tertiary alicyclic amines) is 1. The van der Waals surface area contributed by atoms with E-state index in [2.05, 4.69) is 38.7 Å². The normalized spacial score (nSPS) is 14.8. The predicted molar refractivity (Wildman–Crippen MR) is 186 cm³/mol. The SMILES string of the molecule is C=C/C=C(/c1cc(F)cc(NCCN(C)C)c1)c1cc(C(=C)c2c(NC)ncc(-c3cncc(CN4CCC(F)(F)C4)c3)c2F)[nH]c1C. The van der Waals surface area contributed by atoms with Gasteiger partial charge in [0.2, 0.25) is 0 Å². The highest BCUT2D eigenvalue weighted by molar-refractivity contribution is 5.89. The standard InChI is InChI=1S/C37H41F4N7/c1-7-8-30(26-14-28(38)16-29(15-26)44-10-12-47(5)6)31-17-33(46-24(31)3)23(2)34-35(39)32(20-45-36(34)42-4)27-13-25(18-43-19-27)21-48-11-9-37(40,41)22-48/h7-8,13-20,44,46H,1-2,9-12,21-22H2,3-6H3,(H,42,45)/b30-8-. The van der Waals surface area contributed by atoms with Gasteiger partial charge in [-0.15, -0.1) is 0 Å². The van der Waals surface area contributed by atoms with Gasteiger partial charge in [-0.2, -0.15) is 0 Å². The molecule has 3 aromatic heterocycles. The number of nitrogens with zero attached hydrogens (tertiary/aromatic N) is 4. The van der Waals surface area contributed by atoms with E-state index in [0.29, 0.717) is 46.0 Å². The minimum Gasteiger partial charge on any atom is -0.384 e. The van der Waals surface area contributed by atoms with Crippen LogP contribution in [0.1, 0.15) is 40.1 Å². The third-order valence-corrected chi connectivity index (χ3v) is 8.33. The molecule has 48 heavy (non-hydrogen) atoms. The maximum Gasteiger partial charge on any atom is 0.261 e. The summed E-state index contributed by atoms with van der Waals surface area (Å²) in [5.74, 6) is -3.35. The topological polar surface area (TPSA) is 72.1 Å². The Hall–Kier alpha value is -4.74. The first-order chi connectivity index (χ1) is 22.9. The molecule has 0 aliphatic carbocycles. The summed E-state index contributed by atoms with van der Waals surface area (Å²) in [5, 5.41) is 6.24. The number of halogens is 4. The van der Waals surface area contributed by atoms with E-state index in [1.807, 2.05) is 44.1 Å². The van der Waals surface area contributed by atoms with Gasteiger partial charge < -0.3 is 20.5 Å². The smallest absolute Gasteiger partial charge is 0.261 e. The molecule has 11 heteroatoms. The van der Waals surface area contributed by atoms with E-state index in [1.165, 1.54) is 24.5 Å². The summed E-state index contributed by atoms with van der Waals surface area (Å²) in [5.41, 5.74) is 6.02. The fraction of sp³-hybridized carbons (Fsp3) is 0.297. The van der Waals surface area contributed by atoms with Crippen molar-refractivity contribution >= 4 is 22.7 Å². The number of allylic oxidation sites excluding steroid dienone is 2. The molecule has 0 spiro atoms. The molecule has 1 fully saturated rings. The van der Waals surface area contributed by atoms with Gasteiger partial charge >= 0.3 is 0 Å². The molecular weight excluding hydrogens is 618 g/mol. The number of hydrogen-bond donors (Lipinski definition) is 3. The van der Waals surface area contributed by atoms with Crippen molar-refractivity contribution in [1.82, 2.24) is 24.8 Å². The number of aromatic nitrogens is 3. The highest BCUT2D eigenvalue weighted by Gasteiger charge is 2.38. The van der Waals surface area contributed by atoms with E-state index in [9.17, 15) is 13.2 Å². The van der Waals surface area contributed by atoms with Crippen molar-refractivity contribution in [3.63, 3.8) is 0 Å². The fourth-order valence-corrected chi connectivity index (χ4v) is 5.94. The van der Waals surface area contributed by atoms with E-state index in [-0.39, 0.29) is 43.0 Å². The van der Waals surface area contributed by atoms with Gasteiger partial charge in [-0.1, -0.05) is 25.3 Å². The van der Waals surface area contributed by atoms with E-state index in [0.717, 1.165) is 23.4 Å². The molecule has 0 amide bonds. The number of hydrogen-bond acceptors (Lipinski definition) is 6. The summed E-state index contributed by atoms with van der Waals surface area (Å²) in [7, 11) is 5.59. The second-order valence-corrected chi connectivity index (χ2v) is 12.3. The lowest BCUT2D eigenvalue weighted by atomic mass is 9.95. The van der Waals surface area contributed by atoms with Crippen LogP contribution in [0.2, 0.25) is 0 Å². The minimum absolute atomic E-state index is 0.166. The molecule has 252 valence electrons. The number of rotatable bonds is 13. The monoisotopic (exact) mass is 659 g/mol. The van der Waals surface area contributed by atoms with Crippen molar-refractivity contribution in [2.75, 3.05) is 58.0 Å². The fourth-order valence-electron chi connectivity index (χ4n) is 5.94. The lowest BCUT2D eigenvalue weighted by Crippen LogP contribution is -2.24. The van der Waals surface area contributed by atoms with Crippen molar-refractivity contribution in [1.29, 1.82) is 0 Å². The molecule has 1 saturated heterocycles. The molecule has 4 heterocycles. The Morgan fingerprint density at radius 1 is 1.12 bits per heavy atom. The summed E-state index contributed by atoms with van der Waals surface area (Å²) in [4.78, 5) is 15.8. The molecular formula is C37H41F4N7. The van der Waals surface area contributed by atoms with Crippen LogP contribution in [0, 0.1) is 18.6 Å². The van der Waals surface area contributed by atoms with Gasteiger partial charge in [0.15, 0.2) is 0 Å². The first kappa shape index (κ1) is 34.6. The molecule has 0 saturated carbocycles. The zero-order valence-electron chi connectivity index (χ0n) is 27.7. The number of H-pyrrole nitrogens is 1. The van der Waals surface area contributed by atoms with Crippen LogP contribution in [-0.2, 0) is 6.54 Å². The van der Waals surface area contributed by atoms with Gasteiger partial charge in [0.25, 0.3) is 5.92 Å². The van der Waals surface area contributed by atoms with Gasteiger partial charge in [-0.3, -0.25) is 9.88 Å². The molecule has 7 nitrogen and oxygen atoms in total. The summed E-state index contributed by atoms with van der Waals surface area (Å²) in [6.07, 6.45) is 7.83. The Labute approximate surface area is 279 Å². The molecule has 1 aromatic carbocycles. The largest absolute Gasteiger partial charge is 0.384 e. The lowest BCUT2D eigenvalue weighted by Gasteiger charge is -2.17. The Balaban J connectivity index is 1.47. The third-order valence-electron chi connectivity index (χ3n) is 8.33. The van der Waals surface area contributed by atoms with Crippen molar-refractivity contribution in [2.45, 2.75) is 25.8 Å². The van der Waals surface area contributed by atoms with Crippen molar-refractivity contribution in [2.24, 2.45) is 0 Å². The van der Waals surface area contributed by atoms with Gasteiger partial charge in [-0.05, 0) is 68.1 Å². The lowest BCUT2D eigenvalue weighted by molar-refractivity contribution is 0.0115. The quantitative estimate of drug-likeness (QED) is 0.102. The van der Waals surface area contributed by atoms with Gasteiger partial charge in [0.1, 0.15) is 17.5 Å². The molecule has 1 aliphatic rings. The molecule has 0 radical (unpaired) electrons. The van der Waals surface area contributed by atoms with Crippen LogP contribution < -0.4 is 10.6 Å². The molecule has 4 aromatic rings. The average molecular weight is 660 g/mol. The second-order valence-electron chi connectivity index (χ2n) is 12.3. The molecule has 0 bridgehead atoms. The minimum atomic E-state index is -2.71. The highest BCUT2D eigenvalue weighted by atomic mass is 19.3. The van der Waals surface area contributed by atoms with Crippen LogP contribution >= 0.6 is 0 Å². The summed E-state index contributed by atoms with van der Waals surface area (Å²) in [6.45, 7) is 11.7. The average Bonchev–Trinajstić information content (AvgIpc) is 3.59. The number of benzene rings is 1. The predicted octanol–water partition coefficient (Wildman–Crippen LogP) is 7.59. The van der Waals surface area contributed by atoms with Crippen LogP contribution in [0.15, 0.2) is 74.2 Å². The van der Waals surface area contributed by atoms with Crippen LogP contribution in [0.4, 0.5) is 29.1 Å². The van der Waals surface area contributed by atoms with Gasteiger partial charge in [0.05, 0.1) is 12.1 Å². The summed E-state index contributed by atoms with van der Waals surface area (Å²) in [6, 6.07) is 8.42. The summed E-state index contributed by atoms with van der Waals surface area (Å²) < 4.78 is 58.8. The maximum atomic E-state index is 16.5. The van der Waals surface area contributed by atoms with Gasteiger partial charge in [-0.25, -0.2) is 22.5 Å². The third kappa shape index (κ3) is 7.86. The molecule has 5 rings (SSSR count). The number of alkyl halides is 2. The van der Waals surface area contributed by atoms with E-state index < -0.39 is 11.7 Å². The van der Waals surface area contributed by atoms with E-state index >= 15 is 4.39 Å². The maximum absolute atomic E-state index is 16.5. The number of aryl methyl sites for hydroxylation is 1. The Bertz CT molecular complexity index is 1840. The van der Waals surface area contributed by atoms with Crippen LogP contribution in [0.25, 0.3) is 22.3 Å². The molecule has 1 aliphatic heterocycles. The van der Waals surface area contributed by atoms with Crippen molar-refractivity contribution in [3.8, 4) is 11.1 Å². The molecule has 3 N–H and O–H groups in total. The number of nitrogens with one attached hydrogen (secondary N) is 3. The molecule has 0 atom stereocenters. The highest BCUT2D eigenvalue weighted by Crippen LogP contribution is 2.37. The van der Waals surface area contributed by atoms with E-state index in [4.69, 9.17) is 0 Å². The van der Waals surface area contributed by atoms with E-state index in [1.54, 1.807) is 30.3 Å². The Morgan fingerprint density at radius 3 is 2.60 bits per heavy atom. The zero-order valence-corrected chi connectivity index (χ0v) is 27.7. The number of aromatic amines is 1. The number of likely N-dealkylation sites (N-methyl/N-ethyl adjacent to an activating group) is 1. The Kier molecular flexibility index (Phi) is 10.5. The van der Waals surface area contributed by atoms with Crippen LogP contribution in [0.3, 0.4) is 0 Å². The second kappa shape index (κ2) is 14.6. The molecule has 0 unspecified atom stereocenters.